The van der Waals surface area contributed by atoms with Crippen molar-refractivity contribution in [3.8, 4) is 0 Å². The summed E-state index contributed by atoms with van der Waals surface area (Å²) in [6.07, 6.45) is 5.99. The van der Waals surface area contributed by atoms with Crippen LogP contribution >= 0.6 is 0 Å². The Kier molecular flexibility index (Phi) is 5.18. The summed E-state index contributed by atoms with van der Waals surface area (Å²) in [6, 6.07) is 5.26. The van der Waals surface area contributed by atoms with Gasteiger partial charge in [-0.05, 0) is 36.5 Å². The lowest BCUT2D eigenvalue weighted by molar-refractivity contribution is 0.495. The molecule has 5 heteroatoms. The second-order valence-electron chi connectivity index (χ2n) is 5.58. The van der Waals surface area contributed by atoms with Gasteiger partial charge in [0.2, 0.25) is 10.0 Å². The molecule has 1 aliphatic rings. The smallest absolute Gasteiger partial charge is 0.240 e. The summed E-state index contributed by atoms with van der Waals surface area (Å²) in [5.74, 6) is 0.689. The molecule has 2 rings (SSSR count). The number of nitrogens with one attached hydrogen (secondary N) is 1. The first-order valence-corrected chi connectivity index (χ1v) is 8.81. The van der Waals surface area contributed by atoms with E-state index in [9.17, 15) is 8.42 Å². The van der Waals surface area contributed by atoms with Crippen LogP contribution in [0.3, 0.4) is 0 Å². The average Bonchev–Trinajstić information content (AvgIpc) is 2.91. The van der Waals surface area contributed by atoms with Gasteiger partial charge < -0.3 is 5.73 Å². The van der Waals surface area contributed by atoms with E-state index in [-0.39, 0.29) is 0 Å². The zero-order valence-corrected chi connectivity index (χ0v) is 12.9. The van der Waals surface area contributed by atoms with Gasteiger partial charge in [-0.2, -0.15) is 0 Å². The summed E-state index contributed by atoms with van der Waals surface area (Å²) in [6.45, 7) is 2.70. The summed E-state index contributed by atoms with van der Waals surface area (Å²) in [7, 11) is -3.42. The molecule has 0 aliphatic heterocycles. The Morgan fingerprint density at radius 2 is 2.00 bits per heavy atom. The highest BCUT2D eigenvalue weighted by molar-refractivity contribution is 7.89. The predicted molar refractivity (Wildman–Crippen MR) is 80.8 cm³/mol. The van der Waals surface area contributed by atoms with Crippen LogP contribution in [0.5, 0.6) is 0 Å². The monoisotopic (exact) mass is 296 g/mol. The van der Waals surface area contributed by atoms with Crippen molar-refractivity contribution in [3.05, 3.63) is 29.3 Å². The minimum Gasteiger partial charge on any atom is -0.326 e. The zero-order valence-electron chi connectivity index (χ0n) is 12.1. The Morgan fingerprint density at radius 3 is 2.65 bits per heavy atom. The standard InChI is InChI=1S/C15H24N2O2S/c1-12-14(11-16)7-4-8-15(12)20(18,19)17-10-9-13-5-2-3-6-13/h4,7-8,13,17H,2-3,5-6,9-11,16H2,1H3. The topological polar surface area (TPSA) is 72.2 Å². The van der Waals surface area contributed by atoms with Crippen LogP contribution in [0.1, 0.15) is 43.2 Å². The van der Waals surface area contributed by atoms with Gasteiger partial charge in [0, 0.05) is 13.1 Å². The van der Waals surface area contributed by atoms with Crippen LogP contribution < -0.4 is 10.5 Å². The first kappa shape index (κ1) is 15.5. The van der Waals surface area contributed by atoms with E-state index >= 15 is 0 Å². The van der Waals surface area contributed by atoms with Gasteiger partial charge >= 0.3 is 0 Å². The van der Waals surface area contributed by atoms with Gasteiger partial charge in [-0.1, -0.05) is 37.8 Å². The van der Waals surface area contributed by atoms with Crippen molar-refractivity contribution in [1.82, 2.24) is 4.72 Å². The molecule has 1 aromatic carbocycles. The molecule has 0 atom stereocenters. The number of sulfonamides is 1. The summed E-state index contributed by atoms with van der Waals surface area (Å²) in [4.78, 5) is 0.354. The zero-order chi connectivity index (χ0) is 14.6. The molecule has 1 aliphatic carbocycles. The van der Waals surface area contributed by atoms with Crippen LogP contribution in [0.4, 0.5) is 0 Å². The van der Waals surface area contributed by atoms with Crippen LogP contribution in [-0.2, 0) is 16.6 Å². The van der Waals surface area contributed by atoms with Gasteiger partial charge in [-0.25, -0.2) is 13.1 Å². The summed E-state index contributed by atoms with van der Waals surface area (Å²) in [5.41, 5.74) is 7.26. The molecule has 1 aromatic rings. The molecule has 0 bridgehead atoms. The fourth-order valence-corrected chi connectivity index (χ4v) is 4.28. The first-order chi connectivity index (χ1) is 9.54. The maximum Gasteiger partial charge on any atom is 0.240 e. The molecule has 0 amide bonds. The third-order valence-corrected chi connectivity index (χ3v) is 5.83. The number of hydrogen-bond acceptors (Lipinski definition) is 3. The maximum absolute atomic E-state index is 12.3. The van der Waals surface area contributed by atoms with Crippen LogP contribution in [0.15, 0.2) is 23.1 Å². The van der Waals surface area contributed by atoms with E-state index in [1.807, 2.05) is 13.0 Å². The van der Waals surface area contributed by atoms with Crippen molar-refractivity contribution >= 4 is 10.0 Å². The predicted octanol–water partition coefficient (Wildman–Crippen LogP) is 2.31. The van der Waals surface area contributed by atoms with E-state index in [0.717, 1.165) is 17.5 Å². The first-order valence-electron chi connectivity index (χ1n) is 7.33. The second kappa shape index (κ2) is 6.70. The number of hydrogen-bond donors (Lipinski definition) is 2. The highest BCUT2D eigenvalue weighted by Crippen LogP contribution is 2.27. The fraction of sp³-hybridized carbons (Fsp3) is 0.600. The Labute approximate surface area is 121 Å². The third kappa shape index (κ3) is 3.59. The van der Waals surface area contributed by atoms with E-state index in [4.69, 9.17) is 5.73 Å². The molecular formula is C15H24N2O2S. The van der Waals surface area contributed by atoms with Crippen LogP contribution in [0, 0.1) is 12.8 Å². The average molecular weight is 296 g/mol. The molecule has 3 N–H and O–H groups in total. The van der Waals surface area contributed by atoms with Gasteiger partial charge in [0.15, 0.2) is 0 Å². The Balaban J connectivity index is 2.02. The highest BCUT2D eigenvalue weighted by atomic mass is 32.2. The minimum absolute atomic E-state index is 0.354. The van der Waals surface area contributed by atoms with Crippen molar-refractivity contribution in [2.45, 2.75) is 50.5 Å². The van der Waals surface area contributed by atoms with Crippen LogP contribution in [-0.4, -0.2) is 15.0 Å². The van der Waals surface area contributed by atoms with Crippen molar-refractivity contribution in [2.24, 2.45) is 11.7 Å². The quantitative estimate of drug-likeness (QED) is 0.846. The second-order valence-corrected chi connectivity index (χ2v) is 7.32. The molecule has 4 nitrogen and oxygen atoms in total. The Morgan fingerprint density at radius 1 is 1.30 bits per heavy atom. The van der Waals surface area contributed by atoms with Gasteiger partial charge in [-0.3, -0.25) is 0 Å². The largest absolute Gasteiger partial charge is 0.326 e. The van der Waals surface area contributed by atoms with Crippen molar-refractivity contribution < 1.29 is 8.42 Å². The molecule has 1 fully saturated rings. The van der Waals surface area contributed by atoms with E-state index in [1.165, 1.54) is 25.7 Å². The molecule has 0 saturated heterocycles. The van der Waals surface area contributed by atoms with Crippen molar-refractivity contribution in [2.75, 3.05) is 6.54 Å². The minimum atomic E-state index is -3.42. The van der Waals surface area contributed by atoms with Crippen molar-refractivity contribution in [1.29, 1.82) is 0 Å². The molecule has 1 saturated carbocycles. The van der Waals surface area contributed by atoms with Crippen LogP contribution in [0.25, 0.3) is 0 Å². The number of nitrogens with two attached hydrogens (primary N) is 1. The number of benzene rings is 1. The molecule has 0 spiro atoms. The molecule has 112 valence electrons. The molecule has 0 radical (unpaired) electrons. The third-order valence-electron chi connectivity index (χ3n) is 4.23. The SMILES string of the molecule is Cc1c(CN)cccc1S(=O)(=O)NCCC1CCCC1. The van der Waals surface area contributed by atoms with Gasteiger partial charge in [0.1, 0.15) is 0 Å². The lowest BCUT2D eigenvalue weighted by Crippen LogP contribution is -2.27. The molecule has 0 aromatic heterocycles. The lowest BCUT2D eigenvalue weighted by Gasteiger charge is -2.13. The van der Waals surface area contributed by atoms with E-state index in [2.05, 4.69) is 4.72 Å². The molecule has 20 heavy (non-hydrogen) atoms. The Bertz CT molecular complexity index is 549. The molecular weight excluding hydrogens is 272 g/mol. The van der Waals surface area contributed by atoms with Gasteiger partial charge in [-0.15, -0.1) is 0 Å². The lowest BCUT2D eigenvalue weighted by atomic mass is 10.1. The van der Waals surface area contributed by atoms with E-state index in [1.54, 1.807) is 12.1 Å². The molecule has 0 unspecified atom stereocenters. The molecule has 0 heterocycles. The van der Waals surface area contributed by atoms with Crippen LogP contribution in [0.2, 0.25) is 0 Å². The normalized spacial score (nSPS) is 16.7. The highest BCUT2D eigenvalue weighted by Gasteiger charge is 2.19. The maximum atomic E-state index is 12.3. The van der Waals surface area contributed by atoms with Gasteiger partial charge in [0.25, 0.3) is 0 Å². The Hall–Kier alpha value is -0.910. The van der Waals surface area contributed by atoms with Crippen molar-refractivity contribution in [3.63, 3.8) is 0 Å². The fourth-order valence-electron chi connectivity index (χ4n) is 2.95. The van der Waals surface area contributed by atoms with Gasteiger partial charge in [0.05, 0.1) is 4.90 Å². The summed E-state index contributed by atoms with van der Waals surface area (Å²) < 4.78 is 27.4. The summed E-state index contributed by atoms with van der Waals surface area (Å²) >= 11 is 0. The number of rotatable bonds is 6. The van der Waals surface area contributed by atoms with E-state index in [0.29, 0.717) is 23.9 Å². The summed E-state index contributed by atoms with van der Waals surface area (Å²) in [5, 5.41) is 0. The van der Waals surface area contributed by atoms with E-state index < -0.39 is 10.0 Å².